The molecule has 0 aromatic carbocycles. The summed E-state index contributed by atoms with van der Waals surface area (Å²) < 4.78 is 0. The summed E-state index contributed by atoms with van der Waals surface area (Å²) in [6.45, 7) is 2.41. The summed E-state index contributed by atoms with van der Waals surface area (Å²) in [5, 5.41) is 9.71. The van der Waals surface area contributed by atoms with Crippen molar-refractivity contribution in [2.24, 2.45) is 11.7 Å². The highest BCUT2D eigenvalue weighted by molar-refractivity contribution is 7.14. The van der Waals surface area contributed by atoms with Crippen molar-refractivity contribution >= 4 is 23.2 Å². The number of fused-ring (bicyclic) bond motifs is 1. The van der Waals surface area contributed by atoms with Crippen LogP contribution in [0.5, 0.6) is 0 Å². The number of thiophene rings is 1. The number of aliphatic hydroxyl groups excluding tert-OH is 1. The highest BCUT2D eigenvalue weighted by atomic mass is 32.1. The van der Waals surface area contributed by atoms with Gasteiger partial charge >= 0.3 is 0 Å². The lowest BCUT2D eigenvalue weighted by Gasteiger charge is -2.20. The summed E-state index contributed by atoms with van der Waals surface area (Å²) in [6.07, 6.45) is 2.77. The van der Waals surface area contributed by atoms with Crippen molar-refractivity contribution in [3.05, 3.63) is 21.4 Å². The molecule has 1 aliphatic heterocycles. The third-order valence-electron chi connectivity index (χ3n) is 4.41. The van der Waals surface area contributed by atoms with E-state index in [1.807, 2.05) is 6.07 Å². The Bertz CT molecular complexity index is 583. The van der Waals surface area contributed by atoms with Crippen LogP contribution in [0.1, 0.15) is 39.9 Å². The fourth-order valence-corrected chi connectivity index (χ4v) is 4.43. The van der Waals surface area contributed by atoms with Crippen molar-refractivity contribution in [1.82, 2.24) is 4.90 Å². The van der Waals surface area contributed by atoms with E-state index in [0.29, 0.717) is 10.8 Å². The molecule has 1 aromatic rings. The van der Waals surface area contributed by atoms with Crippen LogP contribution < -0.4 is 5.73 Å². The first kappa shape index (κ1) is 14.5. The van der Waals surface area contributed by atoms with E-state index < -0.39 is 18.1 Å². The largest absolute Gasteiger partial charge is 0.391 e. The van der Waals surface area contributed by atoms with Gasteiger partial charge in [0.25, 0.3) is 5.91 Å². The van der Waals surface area contributed by atoms with E-state index in [9.17, 15) is 14.7 Å². The number of carbonyl (C=O) groups is 2. The number of hydrogen-bond acceptors (Lipinski definition) is 4. The number of primary amides is 1. The first-order valence-electron chi connectivity index (χ1n) is 7.35. The Labute approximate surface area is 127 Å². The van der Waals surface area contributed by atoms with Gasteiger partial charge in [0.05, 0.1) is 11.0 Å². The van der Waals surface area contributed by atoms with Crippen molar-refractivity contribution in [2.45, 2.75) is 44.8 Å². The van der Waals surface area contributed by atoms with E-state index in [-0.39, 0.29) is 18.9 Å². The number of aliphatic hydroxyl groups is 1. The summed E-state index contributed by atoms with van der Waals surface area (Å²) in [5.41, 5.74) is 6.60. The van der Waals surface area contributed by atoms with E-state index in [1.54, 1.807) is 0 Å². The zero-order valence-corrected chi connectivity index (χ0v) is 12.9. The predicted octanol–water partition coefficient (Wildman–Crippen LogP) is 0.934. The van der Waals surface area contributed by atoms with Crippen molar-refractivity contribution in [2.75, 3.05) is 6.54 Å². The summed E-state index contributed by atoms with van der Waals surface area (Å²) >= 11 is 1.52. The minimum absolute atomic E-state index is 0.178. The lowest BCUT2D eigenvalue weighted by atomic mass is 9.90. The summed E-state index contributed by atoms with van der Waals surface area (Å²) in [7, 11) is 0. The van der Waals surface area contributed by atoms with Crippen LogP contribution in [0.2, 0.25) is 0 Å². The number of aryl methyl sites for hydroxylation is 1. The molecule has 5 nitrogen and oxygen atoms in total. The molecule has 1 saturated heterocycles. The molecule has 2 aliphatic rings. The van der Waals surface area contributed by atoms with E-state index in [4.69, 9.17) is 5.73 Å². The van der Waals surface area contributed by atoms with Gasteiger partial charge in [-0.05, 0) is 36.8 Å². The van der Waals surface area contributed by atoms with Gasteiger partial charge in [-0.1, -0.05) is 6.92 Å². The standard InChI is InChI=1S/C15H20N2O3S/c1-8-2-3-12-9(4-8)5-13(21-12)15(20)17-7-10(18)6-11(17)14(16)19/h5,8,10-11,18H,2-4,6-7H2,1H3,(H2,16,19)/t8-,10-,11-/m1/s1. The number of rotatable bonds is 2. The average Bonchev–Trinajstić information content (AvgIpc) is 3.00. The Morgan fingerprint density at radius 3 is 2.95 bits per heavy atom. The summed E-state index contributed by atoms with van der Waals surface area (Å²) in [5.74, 6) is -0.0701. The predicted molar refractivity (Wildman–Crippen MR) is 80.2 cm³/mol. The molecule has 0 unspecified atom stereocenters. The third kappa shape index (κ3) is 2.70. The number of nitrogens with zero attached hydrogens (tertiary/aromatic N) is 1. The van der Waals surface area contributed by atoms with E-state index in [0.717, 1.165) is 19.3 Å². The van der Waals surface area contributed by atoms with Gasteiger partial charge in [-0.2, -0.15) is 0 Å². The van der Waals surface area contributed by atoms with Gasteiger partial charge in [0, 0.05) is 17.8 Å². The molecule has 0 bridgehead atoms. The maximum Gasteiger partial charge on any atom is 0.264 e. The molecule has 0 spiro atoms. The van der Waals surface area contributed by atoms with Crippen LogP contribution in [0.4, 0.5) is 0 Å². The maximum absolute atomic E-state index is 12.6. The van der Waals surface area contributed by atoms with Crippen LogP contribution in [0.3, 0.4) is 0 Å². The summed E-state index contributed by atoms with van der Waals surface area (Å²) in [6, 6.07) is 1.27. The van der Waals surface area contributed by atoms with Gasteiger partial charge in [-0.25, -0.2) is 0 Å². The molecular formula is C15H20N2O3S. The zero-order valence-electron chi connectivity index (χ0n) is 12.0. The molecule has 0 saturated carbocycles. The molecule has 3 atom stereocenters. The normalized spacial score (nSPS) is 28.5. The lowest BCUT2D eigenvalue weighted by molar-refractivity contribution is -0.121. The Morgan fingerprint density at radius 2 is 2.24 bits per heavy atom. The Morgan fingerprint density at radius 1 is 1.48 bits per heavy atom. The van der Waals surface area contributed by atoms with Crippen molar-refractivity contribution in [3.8, 4) is 0 Å². The number of carbonyl (C=O) groups excluding carboxylic acids is 2. The van der Waals surface area contributed by atoms with E-state index in [2.05, 4.69) is 6.92 Å². The van der Waals surface area contributed by atoms with Crippen LogP contribution in [-0.2, 0) is 17.6 Å². The summed E-state index contributed by atoms with van der Waals surface area (Å²) in [4.78, 5) is 27.4. The second kappa shape index (κ2) is 5.42. The molecule has 1 fully saturated rings. The van der Waals surface area contributed by atoms with Gasteiger partial charge in [0.1, 0.15) is 6.04 Å². The fraction of sp³-hybridized carbons (Fsp3) is 0.600. The van der Waals surface area contributed by atoms with Crippen LogP contribution in [-0.4, -0.2) is 40.5 Å². The van der Waals surface area contributed by atoms with Crippen molar-refractivity contribution < 1.29 is 14.7 Å². The second-order valence-corrected chi connectivity index (χ2v) is 7.31. The van der Waals surface area contributed by atoms with Crippen LogP contribution in [0, 0.1) is 5.92 Å². The molecule has 0 radical (unpaired) electrons. The number of likely N-dealkylation sites (tertiary alicyclic amines) is 1. The molecule has 1 aromatic heterocycles. The molecule has 2 heterocycles. The van der Waals surface area contributed by atoms with Gasteiger partial charge in [0.2, 0.25) is 5.91 Å². The Kier molecular flexibility index (Phi) is 3.75. The van der Waals surface area contributed by atoms with Gasteiger partial charge in [-0.15, -0.1) is 11.3 Å². The highest BCUT2D eigenvalue weighted by Crippen LogP contribution is 2.33. The van der Waals surface area contributed by atoms with Crippen LogP contribution in [0.25, 0.3) is 0 Å². The molecule has 1 aliphatic carbocycles. The van der Waals surface area contributed by atoms with E-state index >= 15 is 0 Å². The SMILES string of the molecule is C[C@@H]1CCc2sc(C(=O)N3C[C@H](O)C[C@@H]3C(N)=O)cc2C1. The monoisotopic (exact) mass is 308 g/mol. The average molecular weight is 308 g/mol. The molecule has 3 N–H and O–H groups in total. The Balaban J connectivity index is 1.83. The van der Waals surface area contributed by atoms with Crippen LogP contribution in [0.15, 0.2) is 6.07 Å². The number of hydrogen-bond donors (Lipinski definition) is 2. The number of nitrogens with two attached hydrogens (primary N) is 1. The minimum Gasteiger partial charge on any atom is -0.391 e. The quantitative estimate of drug-likeness (QED) is 0.852. The van der Waals surface area contributed by atoms with Crippen molar-refractivity contribution in [1.29, 1.82) is 0 Å². The third-order valence-corrected chi connectivity index (χ3v) is 5.63. The molecule has 114 valence electrons. The smallest absolute Gasteiger partial charge is 0.264 e. The second-order valence-electron chi connectivity index (χ2n) is 6.17. The Hall–Kier alpha value is -1.40. The first-order chi connectivity index (χ1) is 9.95. The molecular weight excluding hydrogens is 288 g/mol. The van der Waals surface area contributed by atoms with E-state index in [1.165, 1.54) is 26.7 Å². The van der Waals surface area contributed by atoms with Gasteiger partial charge < -0.3 is 15.7 Å². The molecule has 2 amide bonds. The van der Waals surface area contributed by atoms with Gasteiger partial charge in [0.15, 0.2) is 0 Å². The molecule has 6 heteroatoms. The molecule has 3 rings (SSSR count). The molecule has 21 heavy (non-hydrogen) atoms. The minimum atomic E-state index is -0.689. The maximum atomic E-state index is 12.6. The lowest BCUT2D eigenvalue weighted by Crippen LogP contribution is -2.43. The van der Waals surface area contributed by atoms with Crippen molar-refractivity contribution in [3.63, 3.8) is 0 Å². The zero-order chi connectivity index (χ0) is 15.1. The van der Waals surface area contributed by atoms with Gasteiger partial charge in [-0.3, -0.25) is 9.59 Å². The topological polar surface area (TPSA) is 83.6 Å². The number of β-amino-alcohol motifs (C(OH)–C–C–N with tert-alkyl or cyclic N) is 1. The first-order valence-corrected chi connectivity index (χ1v) is 8.17. The van der Waals surface area contributed by atoms with Crippen LogP contribution >= 0.6 is 11.3 Å². The highest BCUT2D eigenvalue weighted by Gasteiger charge is 2.38. The number of amides is 2. The fourth-order valence-electron chi connectivity index (χ4n) is 3.26.